The van der Waals surface area contributed by atoms with Crippen LogP contribution in [0.3, 0.4) is 0 Å². The zero-order valence-electron chi connectivity index (χ0n) is 10.3. The van der Waals surface area contributed by atoms with E-state index in [4.69, 9.17) is 5.11 Å². The van der Waals surface area contributed by atoms with Crippen molar-refractivity contribution in [2.75, 3.05) is 26.2 Å². The molecular formula is C13H20F2N2O+2. The fourth-order valence-corrected chi connectivity index (χ4v) is 2.60. The van der Waals surface area contributed by atoms with Crippen LogP contribution >= 0.6 is 0 Å². The average Bonchev–Trinajstić information content (AvgIpc) is 2.37. The topological polar surface area (TPSA) is 41.3 Å². The summed E-state index contributed by atoms with van der Waals surface area (Å²) in [4.78, 5) is 1.34. The Kier molecular flexibility index (Phi) is 4.63. The van der Waals surface area contributed by atoms with Crippen LogP contribution in [0.4, 0.5) is 8.78 Å². The molecule has 0 radical (unpaired) electrons. The van der Waals surface area contributed by atoms with Gasteiger partial charge >= 0.3 is 0 Å². The van der Waals surface area contributed by atoms with Crippen LogP contribution in [0.1, 0.15) is 12.0 Å². The van der Waals surface area contributed by atoms with Gasteiger partial charge in [-0.1, -0.05) is 6.07 Å². The number of halogens is 2. The molecule has 2 unspecified atom stereocenters. The summed E-state index contributed by atoms with van der Waals surface area (Å²) >= 11 is 0. The first kappa shape index (κ1) is 13.4. The van der Waals surface area contributed by atoms with Gasteiger partial charge in [0.05, 0.1) is 0 Å². The molecule has 0 spiro atoms. The molecule has 0 amide bonds. The molecule has 1 heterocycles. The molecule has 1 aliphatic heterocycles. The van der Waals surface area contributed by atoms with Gasteiger partial charge in [0, 0.05) is 18.6 Å². The molecule has 1 fully saturated rings. The second kappa shape index (κ2) is 6.22. The zero-order valence-corrected chi connectivity index (χ0v) is 10.3. The molecule has 3 nitrogen and oxygen atoms in total. The molecule has 100 valence electrons. The molecule has 1 saturated heterocycles. The number of quaternary nitrogens is 2. The minimum Gasteiger partial charge on any atom is -0.396 e. The van der Waals surface area contributed by atoms with Crippen molar-refractivity contribution in [1.82, 2.24) is 0 Å². The van der Waals surface area contributed by atoms with Gasteiger partial charge in [-0.3, -0.25) is 0 Å². The van der Waals surface area contributed by atoms with Gasteiger partial charge in [0.1, 0.15) is 32.2 Å². The van der Waals surface area contributed by atoms with E-state index in [0.29, 0.717) is 12.6 Å². The van der Waals surface area contributed by atoms with Crippen LogP contribution in [0.15, 0.2) is 18.2 Å². The maximum atomic E-state index is 13.1. The van der Waals surface area contributed by atoms with Crippen LogP contribution in [-0.2, 0) is 6.54 Å². The third-order valence-electron chi connectivity index (χ3n) is 3.59. The van der Waals surface area contributed by atoms with Crippen LogP contribution in [0.25, 0.3) is 0 Å². The monoisotopic (exact) mass is 258 g/mol. The second-order valence-electron chi connectivity index (χ2n) is 4.86. The molecule has 0 aliphatic carbocycles. The van der Waals surface area contributed by atoms with Crippen LogP contribution < -0.4 is 10.2 Å². The summed E-state index contributed by atoms with van der Waals surface area (Å²) in [6, 6.07) is 4.48. The number of aliphatic hydroxyl groups is 1. The third-order valence-corrected chi connectivity index (χ3v) is 3.59. The quantitative estimate of drug-likeness (QED) is 0.616. The van der Waals surface area contributed by atoms with Gasteiger partial charge in [0.2, 0.25) is 0 Å². The maximum Gasteiger partial charge on any atom is 0.159 e. The smallest absolute Gasteiger partial charge is 0.159 e. The highest BCUT2D eigenvalue weighted by Crippen LogP contribution is 2.07. The molecule has 5 heteroatoms. The van der Waals surface area contributed by atoms with Crippen molar-refractivity contribution >= 4 is 0 Å². The molecule has 0 saturated carbocycles. The Balaban J connectivity index is 2.03. The minimum absolute atomic E-state index is 0.180. The number of piperazine rings is 1. The summed E-state index contributed by atoms with van der Waals surface area (Å²) < 4.78 is 26.0. The van der Waals surface area contributed by atoms with Gasteiger partial charge in [-0.05, 0) is 12.1 Å². The highest BCUT2D eigenvalue weighted by Gasteiger charge is 2.28. The predicted octanol–water partition coefficient (Wildman–Crippen LogP) is -1.32. The Morgan fingerprint density at radius 1 is 1.33 bits per heavy atom. The molecule has 1 aromatic rings. The van der Waals surface area contributed by atoms with Crippen molar-refractivity contribution in [3.05, 3.63) is 35.4 Å². The number of aliphatic hydroxyl groups excluding tert-OH is 1. The van der Waals surface area contributed by atoms with Crippen molar-refractivity contribution in [3.8, 4) is 0 Å². The summed E-state index contributed by atoms with van der Waals surface area (Å²) in [5, 5.41) is 11.3. The molecule has 2 rings (SSSR count). The second-order valence-corrected chi connectivity index (χ2v) is 4.86. The maximum absolute atomic E-state index is 13.1. The van der Waals surface area contributed by atoms with Crippen LogP contribution in [-0.4, -0.2) is 37.4 Å². The lowest BCUT2D eigenvalue weighted by molar-refractivity contribution is -0.982. The first-order chi connectivity index (χ1) is 8.70. The van der Waals surface area contributed by atoms with Crippen LogP contribution in [0.5, 0.6) is 0 Å². The predicted molar refractivity (Wildman–Crippen MR) is 63.0 cm³/mol. The van der Waals surface area contributed by atoms with E-state index >= 15 is 0 Å². The van der Waals surface area contributed by atoms with Crippen molar-refractivity contribution < 1.29 is 24.1 Å². The lowest BCUT2D eigenvalue weighted by atomic mass is 10.1. The summed E-state index contributed by atoms with van der Waals surface area (Å²) in [6.07, 6.45) is 0.759. The summed E-state index contributed by atoms with van der Waals surface area (Å²) in [7, 11) is 0. The fraction of sp³-hybridized carbons (Fsp3) is 0.538. The van der Waals surface area contributed by atoms with Crippen molar-refractivity contribution in [2.45, 2.75) is 19.0 Å². The van der Waals surface area contributed by atoms with Crippen molar-refractivity contribution in [1.29, 1.82) is 0 Å². The van der Waals surface area contributed by atoms with Gasteiger partial charge < -0.3 is 15.3 Å². The van der Waals surface area contributed by atoms with E-state index in [1.54, 1.807) is 6.07 Å². The summed E-state index contributed by atoms with van der Waals surface area (Å²) in [6.45, 7) is 3.89. The number of benzene rings is 1. The lowest BCUT2D eigenvalue weighted by Gasteiger charge is -2.30. The van der Waals surface area contributed by atoms with E-state index in [9.17, 15) is 8.78 Å². The highest BCUT2D eigenvalue weighted by molar-refractivity contribution is 5.16. The standard InChI is InChI=1S/C13H18F2N2O/c14-12-2-1-10(7-13(12)15)9-17-5-4-16-8-11(17)3-6-18/h1-2,7,11,16,18H,3-6,8-9H2/p+2. The number of nitrogens with one attached hydrogen (secondary N) is 1. The average molecular weight is 258 g/mol. The van der Waals surface area contributed by atoms with Crippen LogP contribution in [0, 0.1) is 11.6 Å². The van der Waals surface area contributed by atoms with E-state index < -0.39 is 11.6 Å². The lowest BCUT2D eigenvalue weighted by Crippen LogP contribution is -3.23. The molecule has 1 aliphatic rings. The SMILES string of the molecule is OCCC1C[NH2+]CC[NH+]1Cc1ccc(F)c(F)c1. The van der Waals surface area contributed by atoms with Crippen molar-refractivity contribution in [3.63, 3.8) is 0 Å². The zero-order chi connectivity index (χ0) is 13.0. The Morgan fingerprint density at radius 3 is 2.89 bits per heavy atom. The first-order valence-electron chi connectivity index (χ1n) is 6.41. The molecule has 0 aromatic heterocycles. The molecule has 4 N–H and O–H groups in total. The number of hydrogen-bond donors (Lipinski definition) is 3. The van der Waals surface area contributed by atoms with Gasteiger partial charge in [-0.15, -0.1) is 0 Å². The van der Waals surface area contributed by atoms with Gasteiger partial charge in [0.15, 0.2) is 11.6 Å². The van der Waals surface area contributed by atoms with E-state index in [0.717, 1.165) is 31.6 Å². The van der Waals surface area contributed by atoms with Gasteiger partial charge in [0.25, 0.3) is 0 Å². The molecular weight excluding hydrogens is 238 g/mol. The fourth-order valence-electron chi connectivity index (χ4n) is 2.60. The van der Waals surface area contributed by atoms with Crippen molar-refractivity contribution in [2.24, 2.45) is 0 Å². The van der Waals surface area contributed by atoms with Gasteiger partial charge in [-0.25, -0.2) is 8.78 Å². The Hall–Kier alpha value is -1.04. The van der Waals surface area contributed by atoms with E-state index in [2.05, 4.69) is 5.32 Å². The molecule has 18 heavy (non-hydrogen) atoms. The molecule has 2 atom stereocenters. The largest absolute Gasteiger partial charge is 0.396 e. The van der Waals surface area contributed by atoms with E-state index in [1.165, 1.54) is 17.0 Å². The normalized spacial score (nSPS) is 24.2. The number of nitrogens with two attached hydrogens (primary N) is 1. The highest BCUT2D eigenvalue weighted by atomic mass is 19.2. The summed E-state index contributed by atoms with van der Waals surface area (Å²) in [5.41, 5.74) is 0.814. The molecule has 0 bridgehead atoms. The Labute approximate surface area is 105 Å². The number of rotatable bonds is 4. The summed E-state index contributed by atoms with van der Waals surface area (Å²) in [5.74, 6) is -1.58. The van der Waals surface area contributed by atoms with Crippen LogP contribution in [0.2, 0.25) is 0 Å². The Bertz CT molecular complexity index is 399. The Morgan fingerprint density at radius 2 is 2.17 bits per heavy atom. The van der Waals surface area contributed by atoms with E-state index in [-0.39, 0.29) is 6.61 Å². The minimum atomic E-state index is -0.798. The first-order valence-corrected chi connectivity index (χ1v) is 6.41. The third kappa shape index (κ3) is 3.25. The van der Waals surface area contributed by atoms with E-state index in [1.807, 2.05) is 0 Å². The van der Waals surface area contributed by atoms with Gasteiger partial charge in [-0.2, -0.15) is 0 Å². The number of hydrogen-bond acceptors (Lipinski definition) is 1. The molecule has 1 aromatic carbocycles.